The summed E-state index contributed by atoms with van der Waals surface area (Å²) in [6.45, 7) is 12.0. The molecule has 1 aliphatic rings. The first-order chi connectivity index (χ1) is 10.5. The molecule has 1 aromatic carbocycles. The van der Waals surface area contributed by atoms with Gasteiger partial charge in [0.05, 0.1) is 13.2 Å². The monoisotopic (exact) mass is 303 g/mol. The predicted octanol–water partition coefficient (Wildman–Crippen LogP) is 3.94. The number of piperidine rings is 1. The predicted molar refractivity (Wildman–Crippen MR) is 90.7 cm³/mol. The number of aryl methyl sites for hydroxylation is 1. The lowest BCUT2D eigenvalue weighted by Crippen LogP contribution is -2.41. The Morgan fingerprint density at radius 3 is 2.55 bits per heavy atom. The maximum absolute atomic E-state index is 12.5. The highest BCUT2D eigenvalue weighted by atomic mass is 16.5. The van der Waals surface area contributed by atoms with Gasteiger partial charge in [0, 0.05) is 18.7 Å². The van der Waals surface area contributed by atoms with E-state index in [4.69, 9.17) is 4.74 Å². The summed E-state index contributed by atoms with van der Waals surface area (Å²) in [6.07, 6.45) is 2.26. The fourth-order valence-corrected chi connectivity index (χ4v) is 3.41. The van der Waals surface area contributed by atoms with E-state index in [1.54, 1.807) is 0 Å². The van der Waals surface area contributed by atoms with Crippen LogP contribution in [0.25, 0.3) is 0 Å². The van der Waals surface area contributed by atoms with E-state index in [9.17, 15) is 4.79 Å². The number of likely N-dealkylation sites (tertiary alicyclic amines) is 1. The minimum atomic E-state index is 0.214. The third kappa shape index (κ3) is 4.57. The van der Waals surface area contributed by atoms with E-state index in [0.717, 1.165) is 43.0 Å². The number of carbonyl (C=O) groups is 1. The molecule has 0 aromatic heterocycles. The summed E-state index contributed by atoms with van der Waals surface area (Å²) >= 11 is 0. The molecule has 1 aromatic rings. The summed E-state index contributed by atoms with van der Waals surface area (Å²) < 4.78 is 5.68. The highest BCUT2D eigenvalue weighted by Gasteiger charge is 2.23. The number of hydrogen-bond acceptors (Lipinski definition) is 3. The van der Waals surface area contributed by atoms with Crippen LogP contribution in [0, 0.1) is 18.8 Å². The van der Waals surface area contributed by atoms with Crippen LogP contribution in [-0.2, 0) is 0 Å². The number of Topliss-reactive ketones (excluding diaryl/α,β-unsaturated/α-hetero) is 1. The fraction of sp³-hybridized carbons (Fsp3) is 0.632. The van der Waals surface area contributed by atoms with Gasteiger partial charge in [0.15, 0.2) is 5.78 Å². The van der Waals surface area contributed by atoms with E-state index >= 15 is 0 Å². The number of ketones is 1. The zero-order chi connectivity index (χ0) is 16.1. The van der Waals surface area contributed by atoms with Crippen molar-refractivity contribution >= 4 is 5.78 Å². The molecule has 122 valence electrons. The number of ether oxygens (including phenoxy) is 1. The Morgan fingerprint density at radius 1 is 1.27 bits per heavy atom. The Bertz CT molecular complexity index is 502. The highest BCUT2D eigenvalue weighted by Crippen LogP contribution is 2.23. The number of nitrogens with zero attached hydrogens (tertiary/aromatic N) is 1. The molecule has 3 nitrogen and oxygen atoms in total. The third-order valence-electron chi connectivity index (χ3n) is 4.27. The molecular formula is C19H29NO2. The van der Waals surface area contributed by atoms with Gasteiger partial charge in [0.1, 0.15) is 5.75 Å². The first-order valence-electron chi connectivity index (χ1n) is 8.48. The molecule has 1 aliphatic heterocycles. The van der Waals surface area contributed by atoms with Crippen molar-refractivity contribution in [3.63, 3.8) is 0 Å². The second-order valence-electron chi connectivity index (χ2n) is 6.89. The second kappa shape index (κ2) is 7.77. The Labute approximate surface area is 134 Å². The van der Waals surface area contributed by atoms with Crippen molar-refractivity contribution in [1.82, 2.24) is 4.90 Å². The molecule has 1 saturated heterocycles. The van der Waals surface area contributed by atoms with Crippen LogP contribution >= 0.6 is 0 Å². The van der Waals surface area contributed by atoms with E-state index in [1.165, 1.54) is 6.42 Å². The molecule has 0 saturated carbocycles. The molecular weight excluding hydrogens is 274 g/mol. The van der Waals surface area contributed by atoms with E-state index in [2.05, 4.69) is 25.7 Å². The van der Waals surface area contributed by atoms with Crippen LogP contribution in [0.15, 0.2) is 18.2 Å². The van der Waals surface area contributed by atoms with Crippen molar-refractivity contribution in [1.29, 1.82) is 0 Å². The molecule has 0 amide bonds. The maximum Gasteiger partial charge on any atom is 0.176 e. The van der Waals surface area contributed by atoms with Crippen LogP contribution in [-0.4, -0.2) is 36.9 Å². The Hall–Kier alpha value is -1.35. The first kappa shape index (κ1) is 17.0. The van der Waals surface area contributed by atoms with Crippen LogP contribution in [0.3, 0.4) is 0 Å². The molecule has 2 rings (SSSR count). The van der Waals surface area contributed by atoms with E-state index in [0.29, 0.717) is 18.4 Å². The van der Waals surface area contributed by atoms with Gasteiger partial charge in [-0.2, -0.15) is 0 Å². The molecule has 3 heteroatoms. The summed E-state index contributed by atoms with van der Waals surface area (Å²) in [5.41, 5.74) is 1.84. The van der Waals surface area contributed by atoms with Gasteiger partial charge in [0.2, 0.25) is 0 Å². The fourth-order valence-electron chi connectivity index (χ4n) is 3.41. The van der Waals surface area contributed by atoms with Crippen molar-refractivity contribution < 1.29 is 9.53 Å². The van der Waals surface area contributed by atoms with Crippen molar-refractivity contribution in [3.05, 3.63) is 29.3 Å². The molecule has 1 heterocycles. The Balaban J connectivity index is 1.99. The second-order valence-corrected chi connectivity index (χ2v) is 6.89. The first-order valence-corrected chi connectivity index (χ1v) is 8.48. The molecule has 0 spiro atoms. The maximum atomic E-state index is 12.5. The van der Waals surface area contributed by atoms with Crippen molar-refractivity contribution in [2.45, 2.75) is 40.5 Å². The van der Waals surface area contributed by atoms with Crippen molar-refractivity contribution in [2.24, 2.45) is 11.8 Å². The molecule has 1 fully saturated rings. The lowest BCUT2D eigenvalue weighted by Gasteiger charge is -2.34. The van der Waals surface area contributed by atoms with Crippen molar-refractivity contribution in [3.8, 4) is 5.75 Å². The van der Waals surface area contributed by atoms with Gasteiger partial charge in [0.25, 0.3) is 0 Å². The molecule has 22 heavy (non-hydrogen) atoms. The number of carbonyl (C=O) groups excluding carboxylic acids is 1. The largest absolute Gasteiger partial charge is 0.493 e. The summed E-state index contributed by atoms with van der Waals surface area (Å²) in [6, 6.07) is 5.79. The standard InChI is InChI=1S/C19H29NO2/c1-5-8-22-19-7-6-17(10-16(19)4)18(21)13-20-11-14(2)9-15(3)12-20/h6-7,10,14-15H,5,8-9,11-13H2,1-4H3. The van der Waals surface area contributed by atoms with E-state index < -0.39 is 0 Å². The molecule has 0 N–H and O–H groups in total. The SMILES string of the molecule is CCCOc1ccc(C(=O)CN2CC(C)CC(C)C2)cc1C. The summed E-state index contributed by atoms with van der Waals surface area (Å²) in [4.78, 5) is 14.8. The van der Waals surface area contributed by atoms with Gasteiger partial charge >= 0.3 is 0 Å². The topological polar surface area (TPSA) is 29.5 Å². The summed E-state index contributed by atoms with van der Waals surface area (Å²) in [5.74, 6) is 2.47. The zero-order valence-corrected chi connectivity index (χ0v) is 14.4. The summed E-state index contributed by atoms with van der Waals surface area (Å²) in [7, 11) is 0. The third-order valence-corrected chi connectivity index (χ3v) is 4.27. The average molecular weight is 303 g/mol. The van der Waals surface area contributed by atoms with E-state index in [1.807, 2.05) is 25.1 Å². The van der Waals surface area contributed by atoms with Gasteiger partial charge in [-0.15, -0.1) is 0 Å². The van der Waals surface area contributed by atoms with Gasteiger partial charge in [-0.05, 0) is 55.4 Å². The van der Waals surface area contributed by atoms with Gasteiger partial charge in [-0.1, -0.05) is 20.8 Å². The van der Waals surface area contributed by atoms with Gasteiger partial charge in [-0.3, -0.25) is 9.69 Å². The number of hydrogen-bond donors (Lipinski definition) is 0. The minimum absolute atomic E-state index is 0.214. The quantitative estimate of drug-likeness (QED) is 0.745. The number of rotatable bonds is 6. The Morgan fingerprint density at radius 2 is 1.95 bits per heavy atom. The minimum Gasteiger partial charge on any atom is -0.493 e. The van der Waals surface area contributed by atoms with Crippen LogP contribution in [0.2, 0.25) is 0 Å². The van der Waals surface area contributed by atoms with Crippen LogP contribution in [0.5, 0.6) is 5.75 Å². The van der Waals surface area contributed by atoms with Crippen LogP contribution < -0.4 is 4.74 Å². The molecule has 2 unspecified atom stereocenters. The molecule has 0 radical (unpaired) electrons. The van der Waals surface area contributed by atoms with Crippen LogP contribution in [0.4, 0.5) is 0 Å². The highest BCUT2D eigenvalue weighted by molar-refractivity contribution is 5.98. The van der Waals surface area contributed by atoms with Crippen LogP contribution in [0.1, 0.15) is 49.5 Å². The average Bonchev–Trinajstić information content (AvgIpc) is 2.44. The van der Waals surface area contributed by atoms with E-state index in [-0.39, 0.29) is 5.78 Å². The van der Waals surface area contributed by atoms with Gasteiger partial charge in [-0.25, -0.2) is 0 Å². The lowest BCUT2D eigenvalue weighted by molar-refractivity contribution is 0.0849. The molecule has 0 bridgehead atoms. The zero-order valence-electron chi connectivity index (χ0n) is 14.4. The molecule has 0 aliphatic carbocycles. The number of benzene rings is 1. The summed E-state index contributed by atoms with van der Waals surface area (Å²) in [5, 5.41) is 0. The smallest absolute Gasteiger partial charge is 0.176 e. The van der Waals surface area contributed by atoms with Crippen molar-refractivity contribution in [2.75, 3.05) is 26.2 Å². The van der Waals surface area contributed by atoms with Gasteiger partial charge < -0.3 is 4.74 Å². The Kier molecular flexibility index (Phi) is 6.01. The lowest BCUT2D eigenvalue weighted by atomic mass is 9.91. The molecule has 2 atom stereocenters. The normalized spacial score (nSPS) is 22.5.